The van der Waals surface area contributed by atoms with E-state index >= 15 is 0 Å². The lowest BCUT2D eigenvalue weighted by Crippen LogP contribution is -1.99. The van der Waals surface area contributed by atoms with Gasteiger partial charge < -0.3 is 5.32 Å². The van der Waals surface area contributed by atoms with Crippen molar-refractivity contribution in [3.05, 3.63) is 47.5 Å². The molecule has 0 saturated carbocycles. The number of nitrogens with zero attached hydrogens (tertiary/aromatic N) is 2. The molecule has 0 fully saturated rings. The summed E-state index contributed by atoms with van der Waals surface area (Å²) in [4.78, 5) is 0. The van der Waals surface area contributed by atoms with Crippen LogP contribution in [-0.2, 0) is 13.1 Å². The van der Waals surface area contributed by atoms with Crippen LogP contribution in [-0.4, -0.2) is 9.78 Å². The van der Waals surface area contributed by atoms with Crippen molar-refractivity contribution in [2.75, 3.05) is 5.32 Å². The van der Waals surface area contributed by atoms with Crippen LogP contribution in [0.3, 0.4) is 0 Å². The highest BCUT2D eigenvalue weighted by Gasteiger charge is 2.00. The first kappa shape index (κ1) is 11.6. The van der Waals surface area contributed by atoms with Gasteiger partial charge in [0.05, 0.1) is 11.9 Å². The molecule has 1 heterocycles. The minimum absolute atomic E-state index is 0.160. The lowest BCUT2D eigenvalue weighted by molar-refractivity contribution is 0.617. The fraction of sp³-hybridized carbons (Fsp3) is 0.308. The van der Waals surface area contributed by atoms with Crippen molar-refractivity contribution in [2.24, 2.45) is 0 Å². The Morgan fingerprint density at radius 2 is 2.24 bits per heavy atom. The summed E-state index contributed by atoms with van der Waals surface area (Å²) < 4.78 is 14.9. The van der Waals surface area contributed by atoms with E-state index in [2.05, 4.69) is 10.4 Å². The van der Waals surface area contributed by atoms with Crippen molar-refractivity contribution in [3.63, 3.8) is 0 Å². The van der Waals surface area contributed by atoms with Gasteiger partial charge in [0.2, 0.25) is 0 Å². The molecule has 0 aliphatic carbocycles. The fourth-order valence-electron chi connectivity index (χ4n) is 1.65. The Balaban J connectivity index is 1.99. The predicted octanol–water partition coefficient (Wildman–Crippen LogP) is 2.96. The third-order valence-corrected chi connectivity index (χ3v) is 2.68. The molecule has 1 aromatic heterocycles. The zero-order valence-electron chi connectivity index (χ0n) is 10.1. The van der Waals surface area contributed by atoms with Crippen LogP contribution in [0.4, 0.5) is 10.1 Å². The molecule has 0 spiro atoms. The molecule has 1 N–H and O–H groups in total. The van der Waals surface area contributed by atoms with E-state index in [4.69, 9.17) is 0 Å². The molecule has 0 bridgehead atoms. The Hall–Kier alpha value is -1.84. The quantitative estimate of drug-likeness (QED) is 0.879. The summed E-state index contributed by atoms with van der Waals surface area (Å²) in [6.07, 6.45) is 3.75. The van der Waals surface area contributed by atoms with Gasteiger partial charge in [0, 0.05) is 19.3 Å². The van der Waals surface area contributed by atoms with Crippen LogP contribution in [0.1, 0.15) is 18.1 Å². The number of rotatable bonds is 4. The van der Waals surface area contributed by atoms with Crippen LogP contribution in [0.25, 0.3) is 0 Å². The third kappa shape index (κ3) is 2.84. The van der Waals surface area contributed by atoms with Crippen molar-refractivity contribution in [3.8, 4) is 0 Å². The molecule has 17 heavy (non-hydrogen) atoms. The van der Waals surface area contributed by atoms with Crippen LogP contribution in [0, 0.1) is 12.7 Å². The second-order valence-corrected chi connectivity index (χ2v) is 4.02. The maximum Gasteiger partial charge on any atom is 0.126 e. The molecule has 3 nitrogen and oxygen atoms in total. The Labute approximate surface area is 100 Å². The Kier molecular flexibility index (Phi) is 3.42. The Morgan fingerprint density at radius 3 is 2.88 bits per heavy atom. The first-order valence-corrected chi connectivity index (χ1v) is 5.70. The molecule has 0 saturated heterocycles. The van der Waals surface area contributed by atoms with E-state index in [1.807, 2.05) is 23.9 Å². The largest absolute Gasteiger partial charge is 0.378 e. The zero-order valence-corrected chi connectivity index (χ0v) is 10.1. The molecule has 0 radical (unpaired) electrons. The van der Waals surface area contributed by atoms with Crippen molar-refractivity contribution < 1.29 is 4.39 Å². The topological polar surface area (TPSA) is 29.9 Å². The second kappa shape index (κ2) is 4.99. The first-order valence-electron chi connectivity index (χ1n) is 5.70. The highest BCUT2D eigenvalue weighted by Crippen LogP contribution is 2.12. The lowest BCUT2D eigenvalue weighted by Gasteiger charge is -2.05. The standard InChI is InChI=1S/C13H16FN3/c1-3-17-9-12(8-16-17)15-7-11-4-5-13(14)10(2)6-11/h4-6,8-9,15H,3,7H2,1-2H3. The van der Waals surface area contributed by atoms with Gasteiger partial charge in [-0.3, -0.25) is 4.68 Å². The maximum atomic E-state index is 13.1. The lowest BCUT2D eigenvalue weighted by atomic mass is 10.1. The summed E-state index contributed by atoms with van der Waals surface area (Å²) in [5, 5.41) is 7.43. The molecular formula is C13H16FN3. The number of anilines is 1. The summed E-state index contributed by atoms with van der Waals surface area (Å²) in [6, 6.07) is 5.15. The van der Waals surface area contributed by atoms with Crippen molar-refractivity contribution in [2.45, 2.75) is 26.9 Å². The Bertz CT molecular complexity index is 505. The number of hydrogen-bond acceptors (Lipinski definition) is 2. The SMILES string of the molecule is CCn1cc(NCc2ccc(F)c(C)c2)cn1. The average molecular weight is 233 g/mol. The molecule has 2 aromatic rings. The molecule has 0 aliphatic heterocycles. The van der Waals surface area contributed by atoms with Crippen LogP contribution in [0.5, 0.6) is 0 Å². The van der Waals surface area contributed by atoms with E-state index in [1.165, 1.54) is 6.07 Å². The van der Waals surface area contributed by atoms with Crippen molar-refractivity contribution in [1.82, 2.24) is 9.78 Å². The fourth-order valence-corrected chi connectivity index (χ4v) is 1.65. The number of hydrogen-bond donors (Lipinski definition) is 1. The molecule has 90 valence electrons. The summed E-state index contributed by atoms with van der Waals surface area (Å²) in [5.41, 5.74) is 2.72. The van der Waals surface area contributed by atoms with Gasteiger partial charge in [-0.25, -0.2) is 4.39 Å². The number of aromatic nitrogens is 2. The van der Waals surface area contributed by atoms with E-state index < -0.39 is 0 Å². The van der Waals surface area contributed by atoms with Crippen LogP contribution in [0.2, 0.25) is 0 Å². The van der Waals surface area contributed by atoms with Crippen LogP contribution in [0.15, 0.2) is 30.6 Å². The van der Waals surface area contributed by atoms with E-state index in [1.54, 1.807) is 19.2 Å². The highest BCUT2D eigenvalue weighted by molar-refractivity contribution is 5.39. The third-order valence-electron chi connectivity index (χ3n) is 2.68. The molecule has 0 atom stereocenters. The summed E-state index contributed by atoms with van der Waals surface area (Å²) in [5.74, 6) is -0.160. The highest BCUT2D eigenvalue weighted by atomic mass is 19.1. The molecule has 1 aromatic carbocycles. The summed E-state index contributed by atoms with van der Waals surface area (Å²) in [7, 11) is 0. The molecule has 0 unspecified atom stereocenters. The van der Waals surface area contributed by atoms with Gasteiger partial charge in [-0.1, -0.05) is 12.1 Å². The van der Waals surface area contributed by atoms with Gasteiger partial charge in [-0.2, -0.15) is 5.10 Å². The van der Waals surface area contributed by atoms with Crippen molar-refractivity contribution in [1.29, 1.82) is 0 Å². The Morgan fingerprint density at radius 1 is 1.41 bits per heavy atom. The van der Waals surface area contributed by atoms with E-state index in [0.29, 0.717) is 12.1 Å². The molecule has 2 rings (SSSR count). The predicted molar refractivity (Wildman–Crippen MR) is 66.4 cm³/mol. The average Bonchev–Trinajstić information content (AvgIpc) is 2.79. The molecular weight excluding hydrogens is 217 g/mol. The van der Waals surface area contributed by atoms with E-state index in [-0.39, 0.29) is 5.82 Å². The minimum Gasteiger partial charge on any atom is -0.378 e. The van der Waals surface area contributed by atoms with Crippen LogP contribution >= 0.6 is 0 Å². The molecule has 0 aliphatic rings. The van der Waals surface area contributed by atoms with Gasteiger partial charge in [0.1, 0.15) is 5.82 Å². The van der Waals surface area contributed by atoms with Crippen molar-refractivity contribution >= 4 is 5.69 Å². The monoisotopic (exact) mass is 233 g/mol. The number of aryl methyl sites for hydroxylation is 2. The normalized spacial score (nSPS) is 10.5. The molecule has 4 heteroatoms. The number of nitrogens with one attached hydrogen (secondary N) is 1. The van der Waals surface area contributed by atoms with Gasteiger partial charge >= 0.3 is 0 Å². The maximum absolute atomic E-state index is 13.1. The zero-order chi connectivity index (χ0) is 12.3. The van der Waals surface area contributed by atoms with Gasteiger partial charge in [-0.05, 0) is 31.0 Å². The smallest absolute Gasteiger partial charge is 0.126 e. The van der Waals surface area contributed by atoms with E-state index in [0.717, 1.165) is 17.8 Å². The second-order valence-electron chi connectivity index (χ2n) is 4.02. The van der Waals surface area contributed by atoms with Gasteiger partial charge in [0.25, 0.3) is 0 Å². The minimum atomic E-state index is -0.160. The number of benzene rings is 1. The summed E-state index contributed by atoms with van der Waals surface area (Å²) >= 11 is 0. The number of halogens is 1. The molecule has 0 amide bonds. The van der Waals surface area contributed by atoms with E-state index in [9.17, 15) is 4.39 Å². The first-order chi connectivity index (χ1) is 8.19. The van der Waals surface area contributed by atoms with Crippen LogP contribution < -0.4 is 5.32 Å². The van der Waals surface area contributed by atoms with Gasteiger partial charge in [0.15, 0.2) is 0 Å². The summed E-state index contributed by atoms with van der Waals surface area (Å²) in [6.45, 7) is 5.35. The van der Waals surface area contributed by atoms with Gasteiger partial charge in [-0.15, -0.1) is 0 Å².